The van der Waals surface area contributed by atoms with Crippen molar-refractivity contribution in [3.63, 3.8) is 0 Å². The SMILES string of the molecule is Cc1ccc(OCc2ccc(Cl)cc2)c(C#CCN)c1. The van der Waals surface area contributed by atoms with E-state index in [1.54, 1.807) is 0 Å². The molecule has 2 aromatic carbocycles. The Morgan fingerprint density at radius 3 is 2.60 bits per heavy atom. The van der Waals surface area contributed by atoms with Gasteiger partial charge in [-0.25, -0.2) is 0 Å². The minimum Gasteiger partial charge on any atom is -0.488 e. The molecule has 0 heterocycles. The average Bonchev–Trinajstić information content (AvgIpc) is 2.46. The molecule has 0 aromatic heterocycles. The van der Waals surface area contributed by atoms with Crippen LogP contribution in [-0.2, 0) is 6.61 Å². The Morgan fingerprint density at radius 2 is 1.90 bits per heavy atom. The molecule has 0 unspecified atom stereocenters. The molecule has 0 saturated heterocycles. The Hall–Kier alpha value is -1.95. The Bertz CT molecular complexity index is 638. The number of hydrogen-bond donors (Lipinski definition) is 1. The molecule has 0 radical (unpaired) electrons. The fraction of sp³-hybridized carbons (Fsp3) is 0.176. The summed E-state index contributed by atoms with van der Waals surface area (Å²) < 4.78 is 5.83. The van der Waals surface area contributed by atoms with Crippen molar-refractivity contribution in [2.75, 3.05) is 6.54 Å². The standard InChI is InChI=1S/C17H16ClNO/c1-13-4-9-17(15(11-13)3-2-10-19)20-12-14-5-7-16(18)8-6-14/h4-9,11H,10,12,19H2,1H3. The van der Waals surface area contributed by atoms with Crippen LogP contribution in [-0.4, -0.2) is 6.54 Å². The maximum atomic E-state index is 5.86. The minimum absolute atomic E-state index is 0.338. The molecule has 2 aromatic rings. The Labute approximate surface area is 124 Å². The van der Waals surface area contributed by atoms with Gasteiger partial charge in [0, 0.05) is 5.02 Å². The first-order valence-electron chi connectivity index (χ1n) is 6.36. The minimum atomic E-state index is 0.338. The topological polar surface area (TPSA) is 35.2 Å². The van der Waals surface area contributed by atoms with Gasteiger partial charge < -0.3 is 10.5 Å². The molecule has 20 heavy (non-hydrogen) atoms. The third-order valence-corrected chi connectivity index (χ3v) is 3.02. The smallest absolute Gasteiger partial charge is 0.135 e. The van der Waals surface area contributed by atoms with Crippen LogP contribution in [0.1, 0.15) is 16.7 Å². The van der Waals surface area contributed by atoms with Gasteiger partial charge in [-0.15, -0.1) is 0 Å². The molecule has 0 atom stereocenters. The number of benzene rings is 2. The largest absolute Gasteiger partial charge is 0.488 e. The summed E-state index contributed by atoms with van der Waals surface area (Å²) in [6.45, 7) is 2.85. The molecule has 0 amide bonds. The third kappa shape index (κ3) is 4.03. The normalized spacial score (nSPS) is 9.75. The molecule has 2 nitrogen and oxygen atoms in total. The summed E-state index contributed by atoms with van der Waals surface area (Å²) in [5.74, 6) is 6.67. The second kappa shape index (κ2) is 7.00. The molecule has 0 aliphatic carbocycles. The van der Waals surface area contributed by atoms with E-state index < -0.39 is 0 Å². The molecule has 3 heteroatoms. The van der Waals surface area contributed by atoms with E-state index in [1.807, 2.05) is 49.4 Å². The summed E-state index contributed by atoms with van der Waals surface area (Å²) in [6.07, 6.45) is 0. The quantitative estimate of drug-likeness (QED) is 0.876. The van der Waals surface area contributed by atoms with Gasteiger partial charge in [-0.3, -0.25) is 0 Å². The molecular weight excluding hydrogens is 270 g/mol. The predicted molar refractivity (Wildman–Crippen MR) is 82.9 cm³/mol. The molecular formula is C17H16ClNO. The molecule has 0 aliphatic heterocycles. The van der Waals surface area contributed by atoms with E-state index in [9.17, 15) is 0 Å². The number of halogens is 1. The van der Waals surface area contributed by atoms with Crippen molar-refractivity contribution in [3.8, 4) is 17.6 Å². The maximum Gasteiger partial charge on any atom is 0.135 e. The monoisotopic (exact) mass is 285 g/mol. The Morgan fingerprint density at radius 1 is 1.15 bits per heavy atom. The van der Waals surface area contributed by atoms with Crippen LogP contribution in [0.4, 0.5) is 0 Å². The van der Waals surface area contributed by atoms with Crippen molar-refractivity contribution in [1.29, 1.82) is 0 Å². The van der Waals surface area contributed by atoms with Gasteiger partial charge in [-0.2, -0.15) is 0 Å². The van der Waals surface area contributed by atoms with Crippen LogP contribution in [0.3, 0.4) is 0 Å². The van der Waals surface area contributed by atoms with Crippen molar-refractivity contribution in [2.45, 2.75) is 13.5 Å². The fourth-order valence-electron chi connectivity index (χ4n) is 1.76. The van der Waals surface area contributed by atoms with Crippen molar-refractivity contribution in [2.24, 2.45) is 5.73 Å². The summed E-state index contributed by atoms with van der Waals surface area (Å²) in [5.41, 5.74) is 8.49. The number of aryl methyl sites for hydroxylation is 1. The lowest BCUT2D eigenvalue weighted by molar-refractivity contribution is 0.305. The molecule has 2 rings (SSSR count). The highest BCUT2D eigenvalue weighted by molar-refractivity contribution is 6.30. The molecule has 2 N–H and O–H groups in total. The molecule has 102 valence electrons. The van der Waals surface area contributed by atoms with Gasteiger partial charge in [-0.05, 0) is 42.3 Å². The lowest BCUT2D eigenvalue weighted by Crippen LogP contribution is -1.98. The zero-order chi connectivity index (χ0) is 14.4. The lowest BCUT2D eigenvalue weighted by Gasteiger charge is -2.09. The summed E-state index contributed by atoms with van der Waals surface area (Å²) in [5, 5.41) is 0.721. The third-order valence-electron chi connectivity index (χ3n) is 2.77. The molecule has 0 spiro atoms. The summed E-state index contributed by atoms with van der Waals surface area (Å²) in [4.78, 5) is 0. The van der Waals surface area contributed by atoms with Gasteiger partial charge in [0.15, 0.2) is 0 Å². The van der Waals surface area contributed by atoms with Gasteiger partial charge in [0.25, 0.3) is 0 Å². The first-order valence-corrected chi connectivity index (χ1v) is 6.73. The summed E-state index contributed by atoms with van der Waals surface area (Å²) in [7, 11) is 0. The van der Waals surface area contributed by atoms with E-state index >= 15 is 0 Å². The van der Waals surface area contributed by atoms with E-state index in [-0.39, 0.29) is 0 Å². The fourth-order valence-corrected chi connectivity index (χ4v) is 1.88. The lowest BCUT2D eigenvalue weighted by atomic mass is 10.1. The number of nitrogens with two attached hydrogens (primary N) is 1. The second-order valence-corrected chi connectivity index (χ2v) is 4.86. The average molecular weight is 286 g/mol. The number of ether oxygens (including phenoxy) is 1. The zero-order valence-electron chi connectivity index (χ0n) is 11.3. The van der Waals surface area contributed by atoms with E-state index in [1.165, 1.54) is 0 Å². The van der Waals surface area contributed by atoms with Crippen LogP contribution in [0.25, 0.3) is 0 Å². The highest BCUT2D eigenvalue weighted by atomic mass is 35.5. The first kappa shape index (κ1) is 14.5. The second-order valence-electron chi connectivity index (χ2n) is 4.42. The van der Waals surface area contributed by atoms with Crippen LogP contribution in [0.15, 0.2) is 42.5 Å². The Kier molecular flexibility index (Phi) is 5.06. The predicted octanol–water partition coefficient (Wildman–Crippen LogP) is 3.54. The van der Waals surface area contributed by atoms with Crippen molar-refractivity contribution in [1.82, 2.24) is 0 Å². The molecule has 0 saturated carbocycles. The summed E-state index contributed by atoms with van der Waals surface area (Å²) in [6, 6.07) is 13.5. The van der Waals surface area contributed by atoms with Crippen LogP contribution in [0, 0.1) is 18.8 Å². The van der Waals surface area contributed by atoms with Gasteiger partial charge in [-0.1, -0.05) is 41.6 Å². The zero-order valence-corrected chi connectivity index (χ0v) is 12.1. The van der Waals surface area contributed by atoms with Crippen molar-refractivity contribution in [3.05, 3.63) is 64.2 Å². The van der Waals surface area contributed by atoms with Gasteiger partial charge in [0.2, 0.25) is 0 Å². The van der Waals surface area contributed by atoms with Crippen LogP contribution in [0.5, 0.6) is 5.75 Å². The van der Waals surface area contributed by atoms with E-state index in [4.69, 9.17) is 22.1 Å². The molecule has 0 aliphatic rings. The number of hydrogen-bond acceptors (Lipinski definition) is 2. The van der Waals surface area contributed by atoms with Crippen molar-refractivity contribution < 1.29 is 4.74 Å². The van der Waals surface area contributed by atoms with Crippen LogP contribution in [0.2, 0.25) is 5.02 Å². The van der Waals surface area contributed by atoms with E-state index in [0.717, 1.165) is 27.5 Å². The summed E-state index contributed by atoms with van der Waals surface area (Å²) >= 11 is 5.86. The van der Waals surface area contributed by atoms with E-state index in [2.05, 4.69) is 11.8 Å². The number of rotatable bonds is 3. The van der Waals surface area contributed by atoms with Crippen LogP contribution >= 0.6 is 11.6 Å². The Balaban J connectivity index is 2.14. The van der Waals surface area contributed by atoms with Crippen molar-refractivity contribution >= 4 is 11.6 Å². The highest BCUT2D eigenvalue weighted by Gasteiger charge is 2.02. The highest BCUT2D eigenvalue weighted by Crippen LogP contribution is 2.20. The van der Waals surface area contributed by atoms with Gasteiger partial charge >= 0.3 is 0 Å². The first-order chi connectivity index (χ1) is 9.69. The molecule has 0 bridgehead atoms. The van der Waals surface area contributed by atoms with Gasteiger partial charge in [0.1, 0.15) is 12.4 Å². The molecule has 0 fully saturated rings. The van der Waals surface area contributed by atoms with E-state index in [0.29, 0.717) is 13.2 Å². The maximum absolute atomic E-state index is 5.86. The van der Waals surface area contributed by atoms with Gasteiger partial charge in [0.05, 0.1) is 12.1 Å². The van der Waals surface area contributed by atoms with Crippen LogP contribution < -0.4 is 10.5 Å².